The molecule has 4 heteroatoms. The van der Waals surface area contributed by atoms with Crippen LogP contribution in [-0.2, 0) is 9.53 Å². The Morgan fingerprint density at radius 2 is 1.93 bits per heavy atom. The van der Waals surface area contributed by atoms with E-state index in [4.69, 9.17) is 27.9 Å². The first kappa shape index (κ1) is 10.9. The van der Waals surface area contributed by atoms with Crippen molar-refractivity contribution < 1.29 is 9.53 Å². The zero-order chi connectivity index (χ0) is 10.8. The molecule has 0 bridgehead atoms. The van der Waals surface area contributed by atoms with Gasteiger partial charge >= 0.3 is 0 Å². The van der Waals surface area contributed by atoms with Gasteiger partial charge in [0, 0.05) is 28.5 Å². The van der Waals surface area contributed by atoms with E-state index in [9.17, 15) is 4.79 Å². The average molecular weight is 245 g/mol. The Hall–Kier alpha value is -0.570. The SMILES string of the molecule is O=C1CCOC(c2c(Cl)cccc2Cl)C1. The molecule has 0 spiro atoms. The fourth-order valence-corrected chi connectivity index (χ4v) is 2.33. The summed E-state index contributed by atoms with van der Waals surface area (Å²) in [5.41, 5.74) is 0.730. The van der Waals surface area contributed by atoms with Crippen molar-refractivity contribution in [3.05, 3.63) is 33.8 Å². The van der Waals surface area contributed by atoms with E-state index in [0.717, 1.165) is 5.56 Å². The summed E-state index contributed by atoms with van der Waals surface area (Å²) in [6.07, 6.45) is 0.564. The van der Waals surface area contributed by atoms with E-state index in [1.807, 2.05) is 0 Å². The first-order valence-corrected chi connectivity index (χ1v) is 5.51. The third-order valence-corrected chi connectivity index (χ3v) is 3.09. The molecule has 15 heavy (non-hydrogen) atoms. The Balaban J connectivity index is 2.32. The van der Waals surface area contributed by atoms with Crippen LogP contribution in [0.4, 0.5) is 0 Å². The molecule has 80 valence electrons. The van der Waals surface area contributed by atoms with Gasteiger partial charge in [-0.1, -0.05) is 29.3 Å². The van der Waals surface area contributed by atoms with Crippen LogP contribution >= 0.6 is 23.2 Å². The number of Topliss-reactive ketones (excluding diaryl/α,β-unsaturated/α-hetero) is 1. The number of halogens is 2. The number of carbonyl (C=O) groups excluding carboxylic acids is 1. The topological polar surface area (TPSA) is 26.3 Å². The zero-order valence-electron chi connectivity index (χ0n) is 8.00. The summed E-state index contributed by atoms with van der Waals surface area (Å²) in [5.74, 6) is 0.197. The molecule has 1 aliphatic rings. The Labute approximate surface area is 98.1 Å². The third-order valence-electron chi connectivity index (χ3n) is 2.43. The van der Waals surface area contributed by atoms with Crippen LogP contribution in [0.5, 0.6) is 0 Å². The van der Waals surface area contributed by atoms with Gasteiger partial charge in [-0.2, -0.15) is 0 Å². The largest absolute Gasteiger partial charge is 0.372 e. The predicted molar refractivity (Wildman–Crippen MR) is 59.4 cm³/mol. The van der Waals surface area contributed by atoms with E-state index < -0.39 is 0 Å². The monoisotopic (exact) mass is 244 g/mol. The number of hydrogen-bond acceptors (Lipinski definition) is 2. The average Bonchev–Trinajstić information content (AvgIpc) is 2.17. The molecule has 1 fully saturated rings. The van der Waals surface area contributed by atoms with E-state index in [-0.39, 0.29) is 11.9 Å². The van der Waals surface area contributed by atoms with Crippen molar-refractivity contribution in [3.8, 4) is 0 Å². The van der Waals surface area contributed by atoms with Crippen molar-refractivity contribution >= 4 is 29.0 Å². The molecule has 1 atom stereocenters. The molecular formula is C11H10Cl2O2. The Morgan fingerprint density at radius 1 is 1.27 bits per heavy atom. The van der Waals surface area contributed by atoms with E-state index in [1.54, 1.807) is 18.2 Å². The standard InChI is InChI=1S/C11H10Cl2O2/c12-8-2-1-3-9(13)11(8)10-6-7(14)4-5-15-10/h1-3,10H,4-6H2. The van der Waals surface area contributed by atoms with Crippen LogP contribution in [0, 0.1) is 0 Å². The van der Waals surface area contributed by atoms with Gasteiger partial charge in [0.25, 0.3) is 0 Å². The lowest BCUT2D eigenvalue weighted by atomic mass is 10.0. The van der Waals surface area contributed by atoms with E-state index in [0.29, 0.717) is 29.5 Å². The summed E-state index contributed by atoms with van der Waals surface area (Å²) in [5, 5.41) is 1.12. The molecule has 1 aliphatic heterocycles. The van der Waals surface area contributed by atoms with Gasteiger partial charge in [-0.15, -0.1) is 0 Å². The third kappa shape index (κ3) is 2.33. The molecule has 1 aromatic carbocycles. The minimum absolute atomic E-state index is 0.197. The second kappa shape index (κ2) is 4.52. The molecule has 2 rings (SSSR count). The van der Waals surface area contributed by atoms with Crippen LogP contribution in [0.3, 0.4) is 0 Å². The number of ether oxygens (including phenoxy) is 1. The molecule has 1 unspecified atom stereocenters. The molecule has 0 aromatic heterocycles. The van der Waals surface area contributed by atoms with Crippen molar-refractivity contribution in [3.63, 3.8) is 0 Å². The summed E-state index contributed by atoms with van der Waals surface area (Å²) in [6.45, 7) is 0.449. The molecule has 0 aliphatic carbocycles. The lowest BCUT2D eigenvalue weighted by Crippen LogP contribution is -2.19. The normalized spacial score (nSPS) is 21.7. The highest BCUT2D eigenvalue weighted by molar-refractivity contribution is 6.36. The summed E-state index contributed by atoms with van der Waals surface area (Å²) < 4.78 is 5.51. The van der Waals surface area contributed by atoms with Gasteiger partial charge in [0.1, 0.15) is 5.78 Å². The van der Waals surface area contributed by atoms with Gasteiger partial charge < -0.3 is 4.74 Å². The molecule has 1 heterocycles. The van der Waals surface area contributed by atoms with Gasteiger partial charge in [0.15, 0.2) is 0 Å². The highest BCUT2D eigenvalue weighted by Crippen LogP contribution is 2.36. The summed E-state index contributed by atoms with van der Waals surface area (Å²) >= 11 is 12.1. The first-order valence-electron chi connectivity index (χ1n) is 4.75. The minimum atomic E-state index is -0.285. The number of carbonyl (C=O) groups is 1. The Kier molecular flexibility index (Phi) is 3.29. The lowest BCUT2D eigenvalue weighted by Gasteiger charge is -2.23. The Bertz CT molecular complexity index is 370. The maximum absolute atomic E-state index is 11.3. The van der Waals surface area contributed by atoms with E-state index in [1.165, 1.54) is 0 Å². The number of benzene rings is 1. The van der Waals surface area contributed by atoms with Crippen LogP contribution in [-0.4, -0.2) is 12.4 Å². The van der Waals surface area contributed by atoms with Crippen molar-refractivity contribution in [1.82, 2.24) is 0 Å². The van der Waals surface area contributed by atoms with Gasteiger partial charge in [0.05, 0.1) is 12.7 Å². The summed E-state index contributed by atoms with van der Waals surface area (Å²) in [6, 6.07) is 5.29. The fraction of sp³-hybridized carbons (Fsp3) is 0.364. The molecule has 0 radical (unpaired) electrons. The highest BCUT2D eigenvalue weighted by atomic mass is 35.5. The van der Waals surface area contributed by atoms with Crippen molar-refractivity contribution in [2.24, 2.45) is 0 Å². The molecule has 1 aromatic rings. The van der Waals surface area contributed by atoms with Gasteiger partial charge in [-0.25, -0.2) is 0 Å². The molecular weight excluding hydrogens is 235 g/mol. The second-order valence-electron chi connectivity index (χ2n) is 3.49. The number of hydrogen-bond donors (Lipinski definition) is 0. The predicted octanol–water partition coefficient (Wildman–Crippen LogP) is 3.41. The zero-order valence-corrected chi connectivity index (χ0v) is 9.52. The van der Waals surface area contributed by atoms with Crippen molar-refractivity contribution in [2.45, 2.75) is 18.9 Å². The van der Waals surface area contributed by atoms with Crippen LogP contribution in [0.2, 0.25) is 10.0 Å². The molecule has 2 nitrogen and oxygen atoms in total. The number of rotatable bonds is 1. The second-order valence-corrected chi connectivity index (χ2v) is 4.30. The smallest absolute Gasteiger partial charge is 0.138 e. The lowest BCUT2D eigenvalue weighted by molar-refractivity contribution is -0.128. The van der Waals surface area contributed by atoms with Gasteiger partial charge in [-0.05, 0) is 12.1 Å². The summed E-state index contributed by atoms with van der Waals surface area (Å²) in [4.78, 5) is 11.3. The molecule has 0 N–H and O–H groups in total. The number of ketones is 1. The van der Waals surface area contributed by atoms with Crippen LogP contribution in [0.25, 0.3) is 0 Å². The van der Waals surface area contributed by atoms with Crippen LogP contribution < -0.4 is 0 Å². The summed E-state index contributed by atoms with van der Waals surface area (Å²) in [7, 11) is 0. The maximum atomic E-state index is 11.3. The Morgan fingerprint density at radius 3 is 2.53 bits per heavy atom. The van der Waals surface area contributed by atoms with E-state index in [2.05, 4.69) is 0 Å². The molecule has 0 amide bonds. The molecule has 0 saturated carbocycles. The van der Waals surface area contributed by atoms with Crippen molar-refractivity contribution in [1.29, 1.82) is 0 Å². The van der Waals surface area contributed by atoms with Crippen LogP contribution in [0.15, 0.2) is 18.2 Å². The van der Waals surface area contributed by atoms with E-state index >= 15 is 0 Å². The minimum Gasteiger partial charge on any atom is -0.372 e. The fourth-order valence-electron chi connectivity index (χ4n) is 1.69. The molecule has 1 saturated heterocycles. The quantitative estimate of drug-likeness (QED) is 0.757. The van der Waals surface area contributed by atoms with Gasteiger partial charge in [-0.3, -0.25) is 4.79 Å². The maximum Gasteiger partial charge on any atom is 0.138 e. The van der Waals surface area contributed by atoms with Crippen LogP contribution in [0.1, 0.15) is 24.5 Å². The van der Waals surface area contributed by atoms with Gasteiger partial charge in [0.2, 0.25) is 0 Å². The van der Waals surface area contributed by atoms with Crippen molar-refractivity contribution in [2.75, 3.05) is 6.61 Å². The first-order chi connectivity index (χ1) is 7.18. The highest BCUT2D eigenvalue weighted by Gasteiger charge is 2.25.